The number of carbonyl (C=O) groups is 1. The number of hydrogen-bond acceptors (Lipinski definition) is 6. The van der Waals surface area contributed by atoms with E-state index in [1.165, 1.54) is 0 Å². The van der Waals surface area contributed by atoms with Gasteiger partial charge in [0.05, 0.1) is 32.1 Å². The van der Waals surface area contributed by atoms with Gasteiger partial charge in [-0.15, -0.1) is 0 Å². The van der Waals surface area contributed by atoms with Gasteiger partial charge in [-0.05, 0) is 26.0 Å². The fraction of sp³-hybridized carbons (Fsp3) is 0.619. The molecule has 0 aromatic carbocycles. The number of carbonyl (C=O) groups excluding carboxylic acids is 1. The predicted molar refractivity (Wildman–Crippen MR) is 110 cm³/mol. The molecule has 2 aromatic heterocycles. The molecule has 0 spiro atoms. The Morgan fingerprint density at radius 1 is 1.10 bits per heavy atom. The van der Waals surface area contributed by atoms with E-state index in [1.807, 2.05) is 33.7 Å². The van der Waals surface area contributed by atoms with Crippen molar-refractivity contribution in [3.63, 3.8) is 0 Å². The molecule has 4 rings (SSSR count). The Hall–Kier alpha value is -2.00. The first kappa shape index (κ1) is 20.3. The Kier molecular flexibility index (Phi) is 6.15. The van der Waals surface area contributed by atoms with Crippen LogP contribution in [0.4, 0.5) is 0 Å². The van der Waals surface area contributed by atoms with Crippen molar-refractivity contribution >= 4 is 11.6 Å². The number of ether oxygens (including phenoxy) is 2. The molecule has 8 heteroatoms. The Balaban J connectivity index is 1.50. The number of nitrogens with zero attached hydrogens (tertiary/aromatic N) is 4. The third kappa shape index (κ3) is 4.45. The van der Waals surface area contributed by atoms with Crippen LogP contribution in [0.3, 0.4) is 0 Å². The molecular weight excluding hydrogens is 370 g/mol. The van der Waals surface area contributed by atoms with Gasteiger partial charge in [0, 0.05) is 51.0 Å². The molecule has 4 heterocycles. The molecule has 2 aromatic rings. The second-order valence-corrected chi connectivity index (χ2v) is 8.26. The van der Waals surface area contributed by atoms with Gasteiger partial charge in [0.15, 0.2) is 5.69 Å². The molecule has 2 aliphatic rings. The second-order valence-electron chi connectivity index (χ2n) is 8.26. The van der Waals surface area contributed by atoms with Crippen molar-refractivity contribution in [2.24, 2.45) is 0 Å². The summed E-state index contributed by atoms with van der Waals surface area (Å²) in [5.41, 5.74) is 2.26. The largest absolute Gasteiger partial charge is 0.379 e. The molecule has 8 nitrogen and oxygen atoms in total. The van der Waals surface area contributed by atoms with Crippen molar-refractivity contribution in [1.29, 1.82) is 0 Å². The molecule has 2 aliphatic heterocycles. The van der Waals surface area contributed by atoms with Gasteiger partial charge in [0.2, 0.25) is 0 Å². The Morgan fingerprint density at radius 3 is 2.52 bits per heavy atom. The van der Waals surface area contributed by atoms with Crippen molar-refractivity contribution < 1.29 is 14.3 Å². The first-order valence-electron chi connectivity index (χ1n) is 10.4. The highest BCUT2D eigenvalue weighted by Gasteiger charge is 2.29. The van der Waals surface area contributed by atoms with Crippen LogP contribution < -0.4 is 5.32 Å². The van der Waals surface area contributed by atoms with Crippen molar-refractivity contribution in [3.05, 3.63) is 35.8 Å². The maximum atomic E-state index is 13.1. The van der Waals surface area contributed by atoms with Crippen LogP contribution >= 0.6 is 0 Å². The van der Waals surface area contributed by atoms with E-state index < -0.39 is 0 Å². The van der Waals surface area contributed by atoms with E-state index in [1.54, 1.807) is 0 Å². The van der Waals surface area contributed by atoms with E-state index in [-0.39, 0.29) is 11.4 Å². The molecule has 0 atom stereocenters. The molecule has 29 heavy (non-hydrogen) atoms. The average Bonchev–Trinajstić information content (AvgIpc) is 3.13. The highest BCUT2D eigenvalue weighted by molar-refractivity contribution is 5.94. The fourth-order valence-electron chi connectivity index (χ4n) is 4.07. The fourth-order valence-corrected chi connectivity index (χ4v) is 4.07. The highest BCUT2D eigenvalue weighted by atomic mass is 16.5. The van der Waals surface area contributed by atoms with Crippen LogP contribution in [0.1, 0.15) is 30.0 Å². The van der Waals surface area contributed by atoms with Crippen molar-refractivity contribution in [3.8, 4) is 0 Å². The summed E-state index contributed by atoms with van der Waals surface area (Å²) in [7, 11) is 0. The third-order valence-corrected chi connectivity index (χ3v) is 5.85. The minimum absolute atomic E-state index is 0.0126. The number of pyridine rings is 1. The summed E-state index contributed by atoms with van der Waals surface area (Å²) in [6.07, 6.45) is 1.97. The second kappa shape index (κ2) is 8.79. The van der Waals surface area contributed by atoms with Gasteiger partial charge in [0.1, 0.15) is 5.65 Å². The van der Waals surface area contributed by atoms with Crippen LogP contribution in [0.2, 0.25) is 0 Å². The first-order chi connectivity index (χ1) is 14.1. The molecule has 2 saturated heterocycles. The summed E-state index contributed by atoms with van der Waals surface area (Å²) in [4.78, 5) is 22.1. The van der Waals surface area contributed by atoms with Gasteiger partial charge in [-0.2, -0.15) is 0 Å². The van der Waals surface area contributed by atoms with Gasteiger partial charge in [-0.25, -0.2) is 4.98 Å². The van der Waals surface area contributed by atoms with Crippen molar-refractivity contribution in [2.75, 3.05) is 59.2 Å². The normalized spacial score (nSPS) is 19.0. The van der Waals surface area contributed by atoms with Gasteiger partial charge in [-0.1, -0.05) is 6.07 Å². The Labute approximate surface area is 171 Å². The van der Waals surface area contributed by atoms with E-state index in [0.717, 1.165) is 44.2 Å². The van der Waals surface area contributed by atoms with Gasteiger partial charge in [0.25, 0.3) is 5.91 Å². The van der Waals surface area contributed by atoms with E-state index >= 15 is 0 Å². The lowest BCUT2D eigenvalue weighted by atomic mass is 10.0. The summed E-state index contributed by atoms with van der Waals surface area (Å²) in [5, 5.41) is 3.58. The zero-order chi connectivity index (χ0) is 20.3. The first-order valence-corrected chi connectivity index (χ1v) is 10.4. The Morgan fingerprint density at radius 2 is 1.79 bits per heavy atom. The molecule has 0 bridgehead atoms. The van der Waals surface area contributed by atoms with Crippen LogP contribution in [0.15, 0.2) is 24.4 Å². The minimum Gasteiger partial charge on any atom is -0.379 e. The number of aromatic nitrogens is 2. The maximum absolute atomic E-state index is 13.1. The smallest absolute Gasteiger partial charge is 0.274 e. The van der Waals surface area contributed by atoms with Crippen LogP contribution in [0, 0.1) is 0 Å². The molecule has 1 N–H and O–H groups in total. The number of morpholine rings is 2. The molecule has 158 valence electrons. The summed E-state index contributed by atoms with van der Waals surface area (Å²) in [5.74, 6) is -0.0127. The standard InChI is InChI=1S/C21H31N5O3/c1-21(2,25-9-13-29-14-10-25)16-22-15-17-19(20(27)24-7-11-28-12-8-24)23-18-5-3-4-6-26(17)18/h3-6,22H,7-16H2,1-2H3. The van der Waals surface area contributed by atoms with Crippen LogP contribution in [0.25, 0.3) is 5.65 Å². The highest BCUT2D eigenvalue weighted by Crippen LogP contribution is 2.18. The summed E-state index contributed by atoms with van der Waals surface area (Å²) < 4.78 is 12.9. The maximum Gasteiger partial charge on any atom is 0.274 e. The van der Waals surface area contributed by atoms with Crippen LogP contribution in [-0.2, 0) is 16.0 Å². The van der Waals surface area contributed by atoms with E-state index in [0.29, 0.717) is 38.5 Å². The molecular formula is C21H31N5O3. The summed E-state index contributed by atoms with van der Waals surface area (Å²) in [6, 6.07) is 5.86. The van der Waals surface area contributed by atoms with E-state index in [9.17, 15) is 4.79 Å². The average molecular weight is 402 g/mol. The van der Waals surface area contributed by atoms with Gasteiger partial charge < -0.3 is 24.1 Å². The molecule has 1 amide bonds. The molecule has 0 saturated carbocycles. The molecule has 0 radical (unpaired) electrons. The summed E-state index contributed by atoms with van der Waals surface area (Å²) in [6.45, 7) is 11.8. The van der Waals surface area contributed by atoms with E-state index in [2.05, 4.69) is 29.0 Å². The number of rotatable bonds is 6. The number of imidazole rings is 1. The molecule has 2 fully saturated rings. The molecule has 0 aliphatic carbocycles. The van der Waals surface area contributed by atoms with Gasteiger partial charge >= 0.3 is 0 Å². The van der Waals surface area contributed by atoms with Crippen molar-refractivity contribution in [2.45, 2.75) is 25.9 Å². The number of hydrogen-bond donors (Lipinski definition) is 1. The van der Waals surface area contributed by atoms with Crippen molar-refractivity contribution in [1.82, 2.24) is 24.5 Å². The van der Waals surface area contributed by atoms with Gasteiger partial charge in [-0.3, -0.25) is 9.69 Å². The lowest BCUT2D eigenvalue weighted by Crippen LogP contribution is -2.54. The molecule has 0 unspecified atom stereocenters. The quantitative estimate of drug-likeness (QED) is 0.779. The third-order valence-electron chi connectivity index (χ3n) is 5.85. The number of amides is 1. The zero-order valence-electron chi connectivity index (χ0n) is 17.4. The topological polar surface area (TPSA) is 71.3 Å². The number of nitrogens with one attached hydrogen (secondary N) is 1. The number of fused-ring (bicyclic) bond motifs is 1. The summed E-state index contributed by atoms with van der Waals surface area (Å²) >= 11 is 0. The van der Waals surface area contributed by atoms with Crippen LogP contribution in [0.5, 0.6) is 0 Å². The minimum atomic E-state index is -0.0127. The Bertz CT molecular complexity index is 838. The lowest BCUT2D eigenvalue weighted by Gasteiger charge is -2.41. The SMILES string of the molecule is CC(C)(CNCc1c(C(=O)N2CCOCC2)nc2ccccn12)N1CCOCC1. The predicted octanol–water partition coefficient (Wildman–Crippen LogP) is 1.01. The van der Waals surface area contributed by atoms with E-state index in [4.69, 9.17) is 9.47 Å². The monoisotopic (exact) mass is 401 g/mol. The zero-order valence-corrected chi connectivity index (χ0v) is 17.4. The van der Waals surface area contributed by atoms with Crippen LogP contribution in [-0.4, -0.2) is 89.8 Å². The lowest BCUT2D eigenvalue weighted by molar-refractivity contribution is -0.00970.